The van der Waals surface area contributed by atoms with Gasteiger partial charge in [0, 0.05) is 12.1 Å². The average Bonchev–Trinajstić information content (AvgIpc) is 2.71. The van der Waals surface area contributed by atoms with Crippen molar-refractivity contribution in [2.45, 2.75) is 19.8 Å². The summed E-state index contributed by atoms with van der Waals surface area (Å²) < 4.78 is 0.683. The summed E-state index contributed by atoms with van der Waals surface area (Å²) >= 11 is 0. The Labute approximate surface area is 110 Å². The molecule has 5 heteroatoms. The zero-order chi connectivity index (χ0) is 13.8. The first-order valence-electron chi connectivity index (χ1n) is 5.99. The van der Waals surface area contributed by atoms with Crippen LogP contribution in [0.4, 0.5) is 0 Å². The minimum Gasteiger partial charge on any atom is -0.492 e. The molecular weight excluding hydrogens is 246 g/mol. The third kappa shape index (κ3) is 3.07. The van der Waals surface area contributed by atoms with Gasteiger partial charge in [-0.2, -0.15) is 0 Å². The number of hydrogen-bond acceptors (Lipinski definition) is 4. The zero-order valence-corrected chi connectivity index (χ0v) is 10.5. The fourth-order valence-corrected chi connectivity index (χ4v) is 1.69. The number of carbonyl (C=O) groups excluding carboxylic acids is 1. The van der Waals surface area contributed by atoms with Crippen LogP contribution in [0, 0.1) is 0 Å². The van der Waals surface area contributed by atoms with Gasteiger partial charge in [0.05, 0.1) is 6.42 Å². The molecular formula is C14H15NO4. The predicted molar refractivity (Wildman–Crippen MR) is 68.9 cm³/mol. The summed E-state index contributed by atoms with van der Waals surface area (Å²) in [6.45, 7) is 2.06. The van der Waals surface area contributed by atoms with Gasteiger partial charge in [0.25, 0.3) is 0 Å². The molecule has 0 spiro atoms. The van der Waals surface area contributed by atoms with E-state index in [0.717, 1.165) is 12.0 Å². The minimum atomic E-state index is -0.564. The van der Waals surface area contributed by atoms with Crippen molar-refractivity contribution in [2.75, 3.05) is 0 Å². The molecule has 2 N–H and O–H groups in total. The summed E-state index contributed by atoms with van der Waals surface area (Å²) in [6, 6.07) is 10.1. The highest BCUT2D eigenvalue weighted by Crippen LogP contribution is 2.18. The number of hydrogen-bond donors (Lipinski definition) is 2. The van der Waals surface area contributed by atoms with Crippen molar-refractivity contribution in [3.8, 4) is 11.8 Å². The number of aromatic hydroxyl groups is 2. The maximum absolute atomic E-state index is 11.7. The summed E-state index contributed by atoms with van der Waals surface area (Å²) in [6.07, 6.45) is 1.01. The summed E-state index contributed by atoms with van der Waals surface area (Å²) in [5.74, 6) is -1.22. The molecule has 1 aromatic carbocycles. The van der Waals surface area contributed by atoms with Crippen LogP contribution in [-0.4, -0.2) is 20.9 Å². The van der Waals surface area contributed by atoms with Gasteiger partial charge in [0.2, 0.25) is 11.8 Å². The van der Waals surface area contributed by atoms with Gasteiger partial charge in [-0.25, -0.2) is 4.79 Å². The molecule has 19 heavy (non-hydrogen) atoms. The average molecular weight is 261 g/mol. The molecule has 0 fully saturated rings. The van der Waals surface area contributed by atoms with Crippen molar-refractivity contribution < 1.29 is 19.8 Å². The number of nitrogens with zero attached hydrogens (tertiary/aromatic N) is 1. The molecule has 2 aromatic rings. The third-order valence-electron chi connectivity index (χ3n) is 2.77. The molecule has 1 aromatic heterocycles. The second-order valence-corrected chi connectivity index (χ2v) is 4.15. The van der Waals surface area contributed by atoms with Gasteiger partial charge in [-0.05, 0) is 17.5 Å². The van der Waals surface area contributed by atoms with Crippen molar-refractivity contribution in [1.82, 2.24) is 4.73 Å². The second kappa shape index (κ2) is 5.48. The van der Waals surface area contributed by atoms with E-state index in [2.05, 4.69) is 6.92 Å². The van der Waals surface area contributed by atoms with Crippen molar-refractivity contribution in [2.24, 2.45) is 0 Å². The lowest BCUT2D eigenvalue weighted by Gasteiger charge is -2.07. The molecule has 0 aliphatic rings. The molecule has 100 valence electrons. The topological polar surface area (TPSA) is 71.7 Å². The van der Waals surface area contributed by atoms with E-state index in [1.54, 1.807) is 0 Å². The predicted octanol–water partition coefficient (Wildman–Crippen LogP) is 1.66. The van der Waals surface area contributed by atoms with Crippen molar-refractivity contribution in [3.05, 3.63) is 47.5 Å². The first-order valence-corrected chi connectivity index (χ1v) is 5.99. The van der Waals surface area contributed by atoms with Gasteiger partial charge in [-0.1, -0.05) is 31.2 Å². The monoisotopic (exact) mass is 261 g/mol. The quantitative estimate of drug-likeness (QED) is 0.878. The van der Waals surface area contributed by atoms with Crippen LogP contribution in [0.3, 0.4) is 0 Å². The van der Waals surface area contributed by atoms with Crippen LogP contribution in [0.25, 0.3) is 0 Å². The summed E-state index contributed by atoms with van der Waals surface area (Å²) in [5, 5.41) is 18.7. The Morgan fingerprint density at radius 1 is 1.05 bits per heavy atom. The maximum atomic E-state index is 11.7. The first kappa shape index (κ1) is 13.0. The Morgan fingerprint density at radius 2 is 1.58 bits per heavy atom. The molecule has 0 saturated heterocycles. The van der Waals surface area contributed by atoms with E-state index in [1.807, 2.05) is 24.3 Å². The second-order valence-electron chi connectivity index (χ2n) is 4.15. The first-order chi connectivity index (χ1) is 9.10. The van der Waals surface area contributed by atoms with Crippen LogP contribution in [0.15, 0.2) is 36.4 Å². The van der Waals surface area contributed by atoms with E-state index in [0.29, 0.717) is 4.73 Å². The van der Waals surface area contributed by atoms with E-state index >= 15 is 0 Å². The fraction of sp³-hybridized carbons (Fsp3) is 0.214. The lowest BCUT2D eigenvalue weighted by Crippen LogP contribution is -2.20. The molecule has 0 amide bonds. The highest BCUT2D eigenvalue weighted by atomic mass is 16.7. The Kier molecular flexibility index (Phi) is 3.75. The van der Waals surface area contributed by atoms with Crippen LogP contribution >= 0.6 is 0 Å². The van der Waals surface area contributed by atoms with Crippen LogP contribution < -0.4 is 4.84 Å². The Morgan fingerprint density at radius 3 is 2.11 bits per heavy atom. The van der Waals surface area contributed by atoms with Gasteiger partial charge >= 0.3 is 5.97 Å². The minimum absolute atomic E-state index is 0.0705. The van der Waals surface area contributed by atoms with E-state index in [-0.39, 0.29) is 18.2 Å². The lowest BCUT2D eigenvalue weighted by molar-refractivity contribution is -0.144. The van der Waals surface area contributed by atoms with E-state index < -0.39 is 5.97 Å². The van der Waals surface area contributed by atoms with E-state index in [1.165, 1.54) is 17.7 Å². The normalized spacial score (nSPS) is 10.4. The number of benzene rings is 1. The van der Waals surface area contributed by atoms with Crippen LogP contribution in [0.1, 0.15) is 18.1 Å². The molecule has 0 radical (unpaired) electrons. The molecule has 0 aliphatic carbocycles. The molecule has 1 heterocycles. The molecule has 0 aliphatic heterocycles. The van der Waals surface area contributed by atoms with Crippen LogP contribution in [0.5, 0.6) is 11.8 Å². The third-order valence-corrected chi connectivity index (χ3v) is 2.77. The van der Waals surface area contributed by atoms with Gasteiger partial charge in [-0.3, -0.25) is 0 Å². The van der Waals surface area contributed by atoms with Crippen LogP contribution in [0.2, 0.25) is 0 Å². The van der Waals surface area contributed by atoms with E-state index in [4.69, 9.17) is 4.84 Å². The number of aromatic nitrogens is 1. The fourth-order valence-electron chi connectivity index (χ4n) is 1.69. The van der Waals surface area contributed by atoms with Crippen molar-refractivity contribution in [1.29, 1.82) is 0 Å². The van der Waals surface area contributed by atoms with Gasteiger partial charge in [-0.15, -0.1) is 4.73 Å². The van der Waals surface area contributed by atoms with Crippen LogP contribution in [-0.2, 0) is 17.6 Å². The molecule has 0 saturated carbocycles. The number of aryl methyl sites for hydroxylation is 1. The molecule has 2 rings (SSSR count). The van der Waals surface area contributed by atoms with Gasteiger partial charge in [0.1, 0.15) is 0 Å². The van der Waals surface area contributed by atoms with Crippen molar-refractivity contribution >= 4 is 5.97 Å². The molecule has 0 atom stereocenters. The number of rotatable bonds is 4. The van der Waals surface area contributed by atoms with Gasteiger partial charge < -0.3 is 15.1 Å². The van der Waals surface area contributed by atoms with Crippen molar-refractivity contribution in [3.63, 3.8) is 0 Å². The highest BCUT2D eigenvalue weighted by molar-refractivity contribution is 5.73. The van der Waals surface area contributed by atoms with E-state index in [9.17, 15) is 15.0 Å². The summed E-state index contributed by atoms with van der Waals surface area (Å²) in [7, 11) is 0. The van der Waals surface area contributed by atoms with Gasteiger partial charge in [0.15, 0.2) is 0 Å². The molecule has 0 bridgehead atoms. The smallest absolute Gasteiger partial charge is 0.337 e. The maximum Gasteiger partial charge on any atom is 0.337 e. The lowest BCUT2D eigenvalue weighted by atomic mass is 10.1. The molecule has 5 nitrogen and oxygen atoms in total. The summed E-state index contributed by atoms with van der Waals surface area (Å²) in [4.78, 5) is 16.5. The largest absolute Gasteiger partial charge is 0.492 e. The SMILES string of the molecule is CCc1ccc(CC(=O)On2c(O)ccc2O)cc1. The Balaban J connectivity index is 2.01. The highest BCUT2D eigenvalue weighted by Gasteiger charge is 2.12. The zero-order valence-electron chi connectivity index (χ0n) is 10.5. The standard InChI is InChI=1S/C14H15NO4/c1-2-10-3-5-11(6-4-10)9-14(18)19-15-12(16)7-8-13(15)17/h3-8,16-17H,2,9H2,1H3. The Hall–Kier alpha value is -2.43. The number of carbonyl (C=O) groups is 1. The Bertz CT molecular complexity index is 552. The summed E-state index contributed by atoms with van der Waals surface area (Å²) in [5.41, 5.74) is 2.01. The molecule has 0 unspecified atom stereocenters.